The minimum absolute atomic E-state index is 0.605. The van der Waals surface area contributed by atoms with Gasteiger partial charge in [-0.25, -0.2) is 0 Å². The SMILES string of the molecule is CCCCCCNc1ccc(Cl)cc1C#N. The zero-order chi connectivity index (χ0) is 11.8. The molecule has 1 rings (SSSR count). The first-order valence-electron chi connectivity index (χ1n) is 5.71. The number of rotatable bonds is 6. The quantitative estimate of drug-likeness (QED) is 0.752. The van der Waals surface area contributed by atoms with E-state index in [9.17, 15) is 0 Å². The van der Waals surface area contributed by atoms with Crippen LogP contribution in [0.4, 0.5) is 5.69 Å². The van der Waals surface area contributed by atoms with Crippen molar-refractivity contribution in [2.24, 2.45) is 0 Å². The van der Waals surface area contributed by atoms with Gasteiger partial charge in [-0.15, -0.1) is 0 Å². The highest BCUT2D eigenvalue weighted by Gasteiger charge is 2.01. The molecule has 0 aliphatic rings. The molecule has 0 spiro atoms. The summed E-state index contributed by atoms with van der Waals surface area (Å²) in [5.74, 6) is 0. The van der Waals surface area contributed by atoms with E-state index in [0.717, 1.165) is 18.7 Å². The van der Waals surface area contributed by atoms with E-state index < -0.39 is 0 Å². The Balaban J connectivity index is 2.45. The van der Waals surface area contributed by atoms with Crippen molar-refractivity contribution in [2.75, 3.05) is 11.9 Å². The molecule has 3 heteroatoms. The molecule has 0 heterocycles. The molecular weight excluding hydrogens is 220 g/mol. The van der Waals surface area contributed by atoms with Gasteiger partial charge >= 0.3 is 0 Å². The first-order chi connectivity index (χ1) is 7.77. The number of anilines is 1. The summed E-state index contributed by atoms with van der Waals surface area (Å²) in [5.41, 5.74) is 1.49. The molecule has 1 aromatic carbocycles. The van der Waals surface area contributed by atoms with E-state index >= 15 is 0 Å². The van der Waals surface area contributed by atoms with Crippen LogP contribution in [0.5, 0.6) is 0 Å². The van der Waals surface area contributed by atoms with E-state index in [1.807, 2.05) is 6.07 Å². The van der Waals surface area contributed by atoms with Crippen molar-refractivity contribution in [3.8, 4) is 6.07 Å². The van der Waals surface area contributed by atoms with Crippen LogP contribution in [0.15, 0.2) is 18.2 Å². The molecule has 1 N–H and O–H groups in total. The molecule has 0 saturated heterocycles. The van der Waals surface area contributed by atoms with E-state index in [1.54, 1.807) is 12.1 Å². The summed E-state index contributed by atoms with van der Waals surface area (Å²) in [6.45, 7) is 3.11. The van der Waals surface area contributed by atoms with Crippen LogP contribution in [0.25, 0.3) is 0 Å². The van der Waals surface area contributed by atoms with Crippen molar-refractivity contribution < 1.29 is 0 Å². The number of nitriles is 1. The predicted molar refractivity (Wildman–Crippen MR) is 68.8 cm³/mol. The smallest absolute Gasteiger partial charge is 0.101 e. The average molecular weight is 237 g/mol. The number of hydrogen-bond acceptors (Lipinski definition) is 2. The molecule has 86 valence electrons. The number of benzene rings is 1. The zero-order valence-electron chi connectivity index (χ0n) is 9.59. The molecule has 0 radical (unpaired) electrons. The highest BCUT2D eigenvalue weighted by molar-refractivity contribution is 6.30. The van der Waals surface area contributed by atoms with Crippen molar-refractivity contribution >= 4 is 17.3 Å². The Kier molecular flexibility index (Phi) is 5.74. The van der Waals surface area contributed by atoms with Crippen LogP contribution in [0.2, 0.25) is 5.02 Å². The maximum absolute atomic E-state index is 8.93. The van der Waals surface area contributed by atoms with E-state index in [-0.39, 0.29) is 0 Å². The first kappa shape index (κ1) is 12.9. The van der Waals surface area contributed by atoms with Crippen molar-refractivity contribution in [3.05, 3.63) is 28.8 Å². The Bertz CT molecular complexity index is 369. The van der Waals surface area contributed by atoms with Crippen LogP contribution < -0.4 is 5.32 Å². The summed E-state index contributed by atoms with van der Waals surface area (Å²) in [5, 5.41) is 12.8. The van der Waals surface area contributed by atoms with Gasteiger partial charge in [-0.05, 0) is 24.6 Å². The highest BCUT2D eigenvalue weighted by Crippen LogP contribution is 2.19. The molecule has 0 atom stereocenters. The second-order valence-corrected chi connectivity index (χ2v) is 4.23. The first-order valence-corrected chi connectivity index (χ1v) is 6.09. The maximum Gasteiger partial charge on any atom is 0.101 e. The Hall–Kier alpha value is -1.20. The lowest BCUT2D eigenvalue weighted by atomic mass is 10.1. The fourth-order valence-corrected chi connectivity index (χ4v) is 1.71. The fraction of sp³-hybridized carbons (Fsp3) is 0.462. The van der Waals surface area contributed by atoms with Crippen molar-refractivity contribution in [1.82, 2.24) is 0 Å². The lowest BCUT2D eigenvalue weighted by Crippen LogP contribution is -2.03. The third-order valence-corrected chi connectivity index (χ3v) is 2.68. The van der Waals surface area contributed by atoms with Gasteiger partial charge in [0.1, 0.15) is 6.07 Å². The molecule has 16 heavy (non-hydrogen) atoms. The highest BCUT2D eigenvalue weighted by atomic mass is 35.5. The van der Waals surface area contributed by atoms with Crippen molar-refractivity contribution in [1.29, 1.82) is 5.26 Å². The third-order valence-electron chi connectivity index (χ3n) is 2.45. The van der Waals surface area contributed by atoms with Gasteiger partial charge in [-0.2, -0.15) is 5.26 Å². The Morgan fingerprint density at radius 1 is 1.31 bits per heavy atom. The minimum Gasteiger partial charge on any atom is -0.384 e. The molecule has 0 fully saturated rings. The molecule has 0 aliphatic carbocycles. The molecule has 0 bridgehead atoms. The lowest BCUT2D eigenvalue weighted by molar-refractivity contribution is 0.685. The summed E-state index contributed by atoms with van der Waals surface area (Å²) in [6, 6.07) is 7.50. The minimum atomic E-state index is 0.605. The van der Waals surface area contributed by atoms with Gasteiger partial charge in [0, 0.05) is 11.6 Å². The average Bonchev–Trinajstić information content (AvgIpc) is 2.30. The standard InChI is InChI=1S/C13H17ClN2/c1-2-3-4-5-8-16-13-7-6-12(14)9-11(13)10-15/h6-7,9,16H,2-5,8H2,1H3. The van der Waals surface area contributed by atoms with Gasteiger partial charge < -0.3 is 5.32 Å². The molecule has 0 saturated carbocycles. The Morgan fingerprint density at radius 3 is 2.81 bits per heavy atom. The summed E-state index contributed by atoms with van der Waals surface area (Å²) in [7, 11) is 0. The molecule has 2 nitrogen and oxygen atoms in total. The van der Waals surface area contributed by atoms with Crippen LogP contribution >= 0.6 is 11.6 Å². The predicted octanol–water partition coefficient (Wildman–Crippen LogP) is 4.20. The van der Waals surface area contributed by atoms with Gasteiger partial charge in [0.15, 0.2) is 0 Å². The van der Waals surface area contributed by atoms with E-state index in [1.165, 1.54) is 19.3 Å². The van der Waals surface area contributed by atoms with Gasteiger partial charge in [0.05, 0.1) is 11.3 Å². The summed E-state index contributed by atoms with van der Waals surface area (Å²) >= 11 is 5.82. The van der Waals surface area contributed by atoms with Gasteiger partial charge in [-0.1, -0.05) is 37.8 Å². The summed E-state index contributed by atoms with van der Waals surface area (Å²) < 4.78 is 0. The molecule has 0 amide bonds. The molecule has 0 aliphatic heterocycles. The zero-order valence-corrected chi connectivity index (χ0v) is 10.3. The Morgan fingerprint density at radius 2 is 2.12 bits per heavy atom. The van der Waals surface area contributed by atoms with Crippen molar-refractivity contribution in [3.63, 3.8) is 0 Å². The maximum atomic E-state index is 8.93. The number of nitrogens with zero attached hydrogens (tertiary/aromatic N) is 1. The van der Waals surface area contributed by atoms with Crippen LogP contribution in [0, 0.1) is 11.3 Å². The van der Waals surface area contributed by atoms with E-state index in [4.69, 9.17) is 16.9 Å². The molecule has 1 aromatic rings. The second-order valence-electron chi connectivity index (χ2n) is 3.79. The number of nitrogens with one attached hydrogen (secondary N) is 1. The van der Waals surface area contributed by atoms with Crippen LogP contribution in [-0.2, 0) is 0 Å². The number of hydrogen-bond donors (Lipinski definition) is 1. The topological polar surface area (TPSA) is 35.8 Å². The van der Waals surface area contributed by atoms with E-state index in [0.29, 0.717) is 10.6 Å². The number of unbranched alkanes of at least 4 members (excludes halogenated alkanes) is 3. The largest absolute Gasteiger partial charge is 0.384 e. The molecular formula is C13H17ClN2. The van der Waals surface area contributed by atoms with Crippen LogP contribution in [0.3, 0.4) is 0 Å². The Labute approximate surface area is 102 Å². The van der Waals surface area contributed by atoms with E-state index in [2.05, 4.69) is 18.3 Å². The van der Waals surface area contributed by atoms with Crippen LogP contribution in [0.1, 0.15) is 38.2 Å². The molecule has 0 unspecified atom stereocenters. The van der Waals surface area contributed by atoms with Crippen molar-refractivity contribution in [2.45, 2.75) is 32.6 Å². The van der Waals surface area contributed by atoms with Gasteiger partial charge in [-0.3, -0.25) is 0 Å². The van der Waals surface area contributed by atoms with Gasteiger partial charge in [0.25, 0.3) is 0 Å². The number of halogens is 1. The third kappa shape index (κ3) is 4.12. The molecule has 0 aromatic heterocycles. The van der Waals surface area contributed by atoms with Gasteiger partial charge in [0.2, 0.25) is 0 Å². The lowest BCUT2D eigenvalue weighted by Gasteiger charge is -2.07. The second kappa shape index (κ2) is 7.14. The fourth-order valence-electron chi connectivity index (χ4n) is 1.54. The summed E-state index contributed by atoms with van der Waals surface area (Å²) in [4.78, 5) is 0. The monoisotopic (exact) mass is 236 g/mol. The summed E-state index contributed by atoms with van der Waals surface area (Å²) in [6.07, 6.45) is 4.89. The normalized spacial score (nSPS) is 9.81. The van der Waals surface area contributed by atoms with Crippen LogP contribution in [-0.4, -0.2) is 6.54 Å².